The summed E-state index contributed by atoms with van der Waals surface area (Å²) in [4.78, 5) is 16.0. The van der Waals surface area contributed by atoms with E-state index in [1.165, 1.54) is 0 Å². The van der Waals surface area contributed by atoms with E-state index in [4.69, 9.17) is 4.74 Å². The van der Waals surface area contributed by atoms with Gasteiger partial charge in [-0.05, 0) is 37.6 Å². The summed E-state index contributed by atoms with van der Waals surface area (Å²) in [5.41, 5.74) is 1.59. The number of benzene rings is 1. The summed E-state index contributed by atoms with van der Waals surface area (Å²) in [6.45, 7) is 4.36. The zero-order valence-electron chi connectivity index (χ0n) is 12.0. The largest absolute Gasteiger partial charge is 0.462 e. The quantitative estimate of drug-likeness (QED) is 0.757. The van der Waals surface area contributed by atoms with Crippen LogP contribution in [0.25, 0.3) is 5.69 Å². The first-order chi connectivity index (χ1) is 9.76. The topological polar surface area (TPSA) is 44.1 Å². The molecule has 0 aliphatic carbocycles. The van der Waals surface area contributed by atoms with E-state index in [2.05, 4.69) is 16.5 Å². The van der Waals surface area contributed by atoms with Crippen LogP contribution in [0.2, 0.25) is 0 Å². The van der Waals surface area contributed by atoms with Gasteiger partial charge in [0, 0.05) is 24.5 Å². The molecule has 4 heteroatoms. The van der Waals surface area contributed by atoms with Gasteiger partial charge in [-0.3, -0.25) is 0 Å². The standard InChI is InChI=1S/C16H20N2O2/c1-3-5-6-15-17-11-12-18(15)14-9-7-13(8-10-14)16(19)20-4-2/h7-12H,3-6H2,1-2H3. The molecule has 0 atom stereocenters. The van der Waals surface area contributed by atoms with Crippen molar-refractivity contribution in [3.63, 3.8) is 0 Å². The van der Waals surface area contributed by atoms with E-state index in [9.17, 15) is 4.79 Å². The van der Waals surface area contributed by atoms with Crippen molar-refractivity contribution in [2.75, 3.05) is 6.61 Å². The molecule has 0 bridgehead atoms. The number of ether oxygens (including phenoxy) is 1. The zero-order chi connectivity index (χ0) is 14.4. The number of nitrogens with zero attached hydrogens (tertiary/aromatic N) is 2. The molecule has 0 N–H and O–H groups in total. The normalized spacial score (nSPS) is 10.5. The number of imidazole rings is 1. The molecular formula is C16H20N2O2. The van der Waals surface area contributed by atoms with Crippen LogP contribution in [0.15, 0.2) is 36.7 Å². The Morgan fingerprint density at radius 3 is 2.65 bits per heavy atom. The molecule has 1 aromatic carbocycles. The minimum atomic E-state index is -0.282. The maximum atomic E-state index is 11.6. The Hall–Kier alpha value is -2.10. The predicted octanol–water partition coefficient (Wildman–Crippen LogP) is 3.39. The molecule has 0 saturated carbocycles. The van der Waals surface area contributed by atoms with Gasteiger partial charge >= 0.3 is 5.97 Å². The van der Waals surface area contributed by atoms with Gasteiger partial charge < -0.3 is 9.30 Å². The molecule has 0 unspecified atom stereocenters. The molecule has 0 saturated heterocycles. The summed E-state index contributed by atoms with van der Waals surface area (Å²) in [7, 11) is 0. The van der Waals surface area contributed by atoms with E-state index in [-0.39, 0.29) is 5.97 Å². The molecule has 4 nitrogen and oxygen atoms in total. The molecule has 0 aliphatic rings. The maximum absolute atomic E-state index is 11.6. The number of hydrogen-bond donors (Lipinski definition) is 0. The van der Waals surface area contributed by atoms with Crippen molar-refractivity contribution in [1.29, 1.82) is 0 Å². The molecule has 106 valence electrons. The van der Waals surface area contributed by atoms with Crippen molar-refractivity contribution in [3.05, 3.63) is 48.0 Å². The van der Waals surface area contributed by atoms with Gasteiger partial charge in [0.05, 0.1) is 12.2 Å². The Bertz CT molecular complexity index is 558. The molecule has 0 fully saturated rings. The molecular weight excluding hydrogens is 252 g/mol. The number of rotatable bonds is 6. The average molecular weight is 272 g/mol. The van der Waals surface area contributed by atoms with Gasteiger partial charge in [-0.15, -0.1) is 0 Å². The van der Waals surface area contributed by atoms with Gasteiger partial charge in [0.1, 0.15) is 5.82 Å². The van der Waals surface area contributed by atoms with Gasteiger partial charge in [0.15, 0.2) is 0 Å². The SMILES string of the molecule is CCCCc1nccn1-c1ccc(C(=O)OCC)cc1. The van der Waals surface area contributed by atoms with Crippen LogP contribution in [0.3, 0.4) is 0 Å². The first-order valence-electron chi connectivity index (χ1n) is 7.06. The summed E-state index contributed by atoms with van der Waals surface area (Å²) in [6, 6.07) is 7.42. The Morgan fingerprint density at radius 2 is 2.00 bits per heavy atom. The van der Waals surface area contributed by atoms with Gasteiger partial charge in [0.25, 0.3) is 0 Å². The molecule has 0 radical (unpaired) electrons. The number of esters is 1. The summed E-state index contributed by atoms with van der Waals surface area (Å²) in [5.74, 6) is 0.770. The molecule has 0 amide bonds. The Kier molecular flexibility index (Phi) is 4.93. The number of aryl methyl sites for hydroxylation is 1. The lowest BCUT2D eigenvalue weighted by atomic mass is 10.2. The highest BCUT2D eigenvalue weighted by atomic mass is 16.5. The van der Waals surface area contributed by atoms with E-state index in [0.29, 0.717) is 12.2 Å². The smallest absolute Gasteiger partial charge is 0.338 e. The number of hydrogen-bond acceptors (Lipinski definition) is 3. The third kappa shape index (κ3) is 3.26. The van der Waals surface area contributed by atoms with Crippen LogP contribution in [0.4, 0.5) is 0 Å². The van der Waals surface area contributed by atoms with Crippen LogP contribution in [0, 0.1) is 0 Å². The van der Waals surface area contributed by atoms with Gasteiger partial charge in [-0.2, -0.15) is 0 Å². The van der Waals surface area contributed by atoms with Crippen LogP contribution >= 0.6 is 0 Å². The summed E-state index contributed by atoms with van der Waals surface area (Å²) >= 11 is 0. The lowest BCUT2D eigenvalue weighted by Crippen LogP contribution is -2.05. The molecule has 1 aromatic heterocycles. The molecule has 2 rings (SSSR count). The van der Waals surface area contributed by atoms with Crippen LogP contribution in [0.5, 0.6) is 0 Å². The Morgan fingerprint density at radius 1 is 1.25 bits per heavy atom. The van der Waals surface area contributed by atoms with Crippen molar-refractivity contribution in [1.82, 2.24) is 9.55 Å². The third-order valence-electron chi connectivity index (χ3n) is 3.13. The number of carbonyl (C=O) groups excluding carboxylic acids is 1. The zero-order valence-corrected chi connectivity index (χ0v) is 12.0. The van der Waals surface area contributed by atoms with E-state index in [0.717, 1.165) is 30.8 Å². The summed E-state index contributed by atoms with van der Waals surface area (Å²) in [6.07, 6.45) is 6.99. The summed E-state index contributed by atoms with van der Waals surface area (Å²) < 4.78 is 7.04. The fourth-order valence-electron chi connectivity index (χ4n) is 2.06. The van der Waals surface area contributed by atoms with Crippen molar-refractivity contribution in [2.45, 2.75) is 33.1 Å². The van der Waals surface area contributed by atoms with Gasteiger partial charge in [-0.25, -0.2) is 9.78 Å². The van der Waals surface area contributed by atoms with Gasteiger partial charge in [-0.1, -0.05) is 13.3 Å². The fraction of sp³-hybridized carbons (Fsp3) is 0.375. The monoisotopic (exact) mass is 272 g/mol. The number of aromatic nitrogens is 2. The van der Waals surface area contributed by atoms with Crippen LogP contribution in [-0.4, -0.2) is 22.1 Å². The number of carbonyl (C=O) groups is 1. The molecule has 2 aromatic rings. The van der Waals surface area contributed by atoms with Crippen LogP contribution in [-0.2, 0) is 11.2 Å². The molecule has 20 heavy (non-hydrogen) atoms. The highest BCUT2D eigenvalue weighted by Gasteiger charge is 2.08. The van der Waals surface area contributed by atoms with E-state index in [1.54, 1.807) is 19.1 Å². The average Bonchev–Trinajstić information content (AvgIpc) is 2.94. The summed E-state index contributed by atoms with van der Waals surface area (Å²) in [5, 5.41) is 0. The lowest BCUT2D eigenvalue weighted by Gasteiger charge is -2.08. The fourth-order valence-corrected chi connectivity index (χ4v) is 2.06. The molecule has 1 heterocycles. The van der Waals surface area contributed by atoms with Crippen molar-refractivity contribution < 1.29 is 9.53 Å². The highest BCUT2D eigenvalue weighted by Crippen LogP contribution is 2.14. The van der Waals surface area contributed by atoms with Crippen molar-refractivity contribution in [3.8, 4) is 5.69 Å². The second kappa shape index (κ2) is 6.89. The van der Waals surface area contributed by atoms with E-state index >= 15 is 0 Å². The van der Waals surface area contributed by atoms with Crippen LogP contribution < -0.4 is 0 Å². The first-order valence-corrected chi connectivity index (χ1v) is 7.06. The Balaban J connectivity index is 2.17. The maximum Gasteiger partial charge on any atom is 0.338 e. The predicted molar refractivity (Wildman–Crippen MR) is 78.1 cm³/mol. The van der Waals surface area contributed by atoms with Gasteiger partial charge in [0.2, 0.25) is 0 Å². The minimum absolute atomic E-state index is 0.282. The van der Waals surface area contributed by atoms with Crippen LogP contribution in [0.1, 0.15) is 42.9 Å². The van der Waals surface area contributed by atoms with E-state index in [1.807, 2.05) is 24.5 Å². The molecule has 0 aliphatic heterocycles. The number of unbranched alkanes of at least 4 members (excludes halogenated alkanes) is 1. The highest BCUT2D eigenvalue weighted by molar-refractivity contribution is 5.89. The lowest BCUT2D eigenvalue weighted by molar-refractivity contribution is 0.0526. The minimum Gasteiger partial charge on any atom is -0.462 e. The Labute approximate surface area is 119 Å². The van der Waals surface area contributed by atoms with Crippen molar-refractivity contribution >= 4 is 5.97 Å². The van der Waals surface area contributed by atoms with Crippen molar-refractivity contribution in [2.24, 2.45) is 0 Å². The molecule has 0 spiro atoms. The van der Waals surface area contributed by atoms with E-state index < -0.39 is 0 Å². The second-order valence-electron chi connectivity index (χ2n) is 4.58. The second-order valence-corrected chi connectivity index (χ2v) is 4.58. The first kappa shape index (κ1) is 14.3. The third-order valence-corrected chi connectivity index (χ3v) is 3.13.